The average molecular weight is 243 g/mol. The average Bonchev–Trinajstić information content (AvgIpc) is 2.69. The molecule has 1 atom stereocenters. The lowest BCUT2D eigenvalue weighted by atomic mass is 9.92. The first-order chi connectivity index (χ1) is 8.54. The molecule has 2 aromatic rings. The number of hydrogen-bond acceptors (Lipinski definition) is 2. The Balaban J connectivity index is 2.56. The van der Waals surface area contributed by atoms with Crippen molar-refractivity contribution < 1.29 is 0 Å². The molecule has 0 spiro atoms. The topological polar surface area (TPSA) is 29.9 Å². The lowest BCUT2D eigenvalue weighted by Crippen LogP contribution is -2.22. The van der Waals surface area contributed by atoms with Gasteiger partial charge in [0.15, 0.2) is 0 Å². The Kier molecular flexibility index (Phi) is 3.53. The fourth-order valence-corrected chi connectivity index (χ4v) is 2.75. The lowest BCUT2D eigenvalue weighted by molar-refractivity contribution is 0.601. The number of aromatic nitrogens is 2. The Morgan fingerprint density at radius 2 is 1.78 bits per heavy atom. The Morgan fingerprint density at radius 3 is 2.22 bits per heavy atom. The Morgan fingerprint density at radius 1 is 1.17 bits per heavy atom. The molecule has 0 saturated carbocycles. The summed E-state index contributed by atoms with van der Waals surface area (Å²) < 4.78 is 1.93. The lowest BCUT2D eigenvalue weighted by Gasteiger charge is -2.22. The summed E-state index contributed by atoms with van der Waals surface area (Å²) in [5.41, 5.74) is 6.51. The molecule has 1 aromatic carbocycles. The van der Waals surface area contributed by atoms with Crippen LogP contribution in [0.15, 0.2) is 24.4 Å². The first-order valence-electron chi connectivity index (χ1n) is 6.27. The van der Waals surface area contributed by atoms with Crippen LogP contribution >= 0.6 is 0 Å². The van der Waals surface area contributed by atoms with Crippen molar-refractivity contribution in [1.82, 2.24) is 15.1 Å². The van der Waals surface area contributed by atoms with E-state index in [2.05, 4.69) is 49.4 Å². The molecule has 0 amide bonds. The second-order valence-corrected chi connectivity index (χ2v) is 4.91. The molecule has 18 heavy (non-hydrogen) atoms. The number of rotatable bonds is 3. The van der Waals surface area contributed by atoms with Crippen LogP contribution in [0.25, 0.3) is 0 Å². The van der Waals surface area contributed by atoms with Gasteiger partial charge in [0.1, 0.15) is 0 Å². The predicted molar refractivity (Wildman–Crippen MR) is 74.8 cm³/mol. The largest absolute Gasteiger partial charge is 0.308 e. The third-order valence-corrected chi connectivity index (χ3v) is 3.47. The highest BCUT2D eigenvalue weighted by molar-refractivity contribution is 5.42. The van der Waals surface area contributed by atoms with Crippen LogP contribution in [0.4, 0.5) is 0 Å². The molecule has 2 rings (SSSR count). The number of nitrogens with one attached hydrogen (secondary N) is 1. The summed E-state index contributed by atoms with van der Waals surface area (Å²) in [5.74, 6) is 0. The van der Waals surface area contributed by atoms with Crippen molar-refractivity contribution in [2.45, 2.75) is 26.8 Å². The van der Waals surface area contributed by atoms with Gasteiger partial charge in [-0.25, -0.2) is 0 Å². The van der Waals surface area contributed by atoms with E-state index in [0.29, 0.717) is 0 Å². The van der Waals surface area contributed by atoms with Gasteiger partial charge in [-0.05, 0) is 50.6 Å². The third kappa shape index (κ3) is 2.18. The van der Waals surface area contributed by atoms with Crippen LogP contribution in [-0.4, -0.2) is 16.8 Å². The van der Waals surface area contributed by atoms with Gasteiger partial charge in [-0.1, -0.05) is 17.7 Å². The van der Waals surface area contributed by atoms with E-state index in [9.17, 15) is 0 Å². The number of benzene rings is 1. The maximum atomic E-state index is 4.26. The summed E-state index contributed by atoms with van der Waals surface area (Å²) in [7, 11) is 3.98. The Hall–Kier alpha value is -1.61. The van der Waals surface area contributed by atoms with Gasteiger partial charge in [0.25, 0.3) is 0 Å². The summed E-state index contributed by atoms with van der Waals surface area (Å²) in [6, 6.07) is 6.74. The van der Waals surface area contributed by atoms with Crippen molar-refractivity contribution >= 4 is 0 Å². The van der Waals surface area contributed by atoms with Crippen molar-refractivity contribution in [2.75, 3.05) is 7.05 Å². The van der Waals surface area contributed by atoms with Crippen LogP contribution in [0, 0.1) is 20.8 Å². The summed E-state index contributed by atoms with van der Waals surface area (Å²) in [6.07, 6.45) is 1.85. The molecular weight excluding hydrogens is 222 g/mol. The van der Waals surface area contributed by atoms with Gasteiger partial charge >= 0.3 is 0 Å². The predicted octanol–water partition coefficient (Wildman–Crippen LogP) is 2.65. The molecule has 3 heteroatoms. The highest BCUT2D eigenvalue weighted by Gasteiger charge is 2.19. The van der Waals surface area contributed by atoms with Gasteiger partial charge in [-0.2, -0.15) is 5.10 Å². The van der Waals surface area contributed by atoms with E-state index < -0.39 is 0 Å². The SMILES string of the molecule is CNC(c1c(C)cc(C)cc1C)c1ccnn1C. The summed E-state index contributed by atoms with van der Waals surface area (Å²) >= 11 is 0. The van der Waals surface area contributed by atoms with Crippen LogP contribution < -0.4 is 5.32 Å². The van der Waals surface area contributed by atoms with E-state index in [0.717, 1.165) is 0 Å². The number of hydrogen-bond donors (Lipinski definition) is 1. The van der Waals surface area contributed by atoms with Crippen molar-refractivity contribution in [2.24, 2.45) is 7.05 Å². The van der Waals surface area contributed by atoms with E-state index >= 15 is 0 Å². The van der Waals surface area contributed by atoms with Crippen LogP contribution in [0.1, 0.15) is 34.0 Å². The maximum Gasteiger partial charge on any atom is 0.0750 e. The van der Waals surface area contributed by atoms with Crippen molar-refractivity contribution in [3.05, 3.63) is 52.3 Å². The smallest absolute Gasteiger partial charge is 0.0750 e. The summed E-state index contributed by atoms with van der Waals surface area (Å²) in [4.78, 5) is 0. The van der Waals surface area contributed by atoms with E-state index in [1.165, 1.54) is 27.9 Å². The molecule has 0 radical (unpaired) electrons. The monoisotopic (exact) mass is 243 g/mol. The zero-order valence-corrected chi connectivity index (χ0v) is 11.8. The van der Waals surface area contributed by atoms with Crippen LogP contribution in [0.3, 0.4) is 0 Å². The zero-order chi connectivity index (χ0) is 13.3. The summed E-state index contributed by atoms with van der Waals surface area (Å²) in [5, 5.41) is 7.67. The Labute approximate surface area is 109 Å². The molecule has 0 saturated heterocycles. The maximum absolute atomic E-state index is 4.26. The minimum atomic E-state index is 0.193. The molecule has 0 aliphatic rings. The molecule has 1 aromatic heterocycles. The molecule has 1 unspecified atom stereocenters. The van der Waals surface area contributed by atoms with Crippen molar-refractivity contribution in [3.8, 4) is 0 Å². The van der Waals surface area contributed by atoms with Gasteiger partial charge in [-0.3, -0.25) is 4.68 Å². The van der Waals surface area contributed by atoms with Crippen molar-refractivity contribution in [3.63, 3.8) is 0 Å². The minimum Gasteiger partial charge on any atom is -0.308 e. The van der Waals surface area contributed by atoms with Crippen LogP contribution in [0.2, 0.25) is 0 Å². The van der Waals surface area contributed by atoms with E-state index in [1.54, 1.807) is 0 Å². The normalized spacial score (nSPS) is 12.7. The van der Waals surface area contributed by atoms with Crippen LogP contribution in [-0.2, 0) is 7.05 Å². The van der Waals surface area contributed by atoms with Gasteiger partial charge in [0.2, 0.25) is 0 Å². The molecular formula is C15H21N3. The molecule has 0 aliphatic heterocycles. The molecule has 96 valence electrons. The van der Waals surface area contributed by atoms with Crippen LogP contribution in [0.5, 0.6) is 0 Å². The van der Waals surface area contributed by atoms with Crippen molar-refractivity contribution in [1.29, 1.82) is 0 Å². The molecule has 1 N–H and O–H groups in total. The molecule has 0 fully saturated rings. The zero-order valence-electron chi connectivity index (χ0n) is 11.8. The van der Waals surface area contributed by atoms with E-state index in [1.807, 2.05) is 25.0 Å². The molecule has 0 bridgehead atoms. The number of aryl methyl sites for hydroxylation is 4. The second kappa shape index (κ2) is 4.94. The highest BCUT2D eigenvalue weighted by Crippen LogP contribution is 2.28. The minimum absolute atomic E-state index is 0.193. The first kappa shape index (κ1) is 12.8. The molecule has 1 heterocycles. The quantitative estimate of drug-likeness (QED) is 0.898. The fourth-order valence-electron chi connectivity index (χ4n) is 2.75. The second-order valence-electron chi connectivity index (χ2n) is 4.91. The molecule has 3 nitrogen and oxygen atoms in total. The number of nitrogens with zero attached hydrogens (tertiary/aromatic N) is 2. The van der Waals surface area contributed by atoms with Gasteiger partial charge < -0.3 is 5.32 Å². The van der Waals surface area contributed by atoms with Gasteiger partial charge in [-0.15, -0.1) is 0 Å². The first-order valence-corrected chi connectivity index (χ1v) is 6.27. The third-order valence-electron chi connectivity index (χ3n) is 3.47. The van der Waals surface area contributed by atoms with E-state index in [4.69, 9.17) is 0 Å². The Bertz CT molecular complexity index is 532. The van der Waals surface area contributed by atoms with Gasteiger partial charge in [0, 0.05) is 13.2 Å². The fraction of sp³-hybridized carbons (Fsp3) is 0.400. The van der Waals surface area contributed by atoms with Gasteiger partial charge in [0.05, 0.1) is 11.7 Å². The highest BCUT2D eigenvalue weighted by atomic mass is 15.3. The molecule has 0 aliphatic carbocycles. The summed E-state index contributed by atoms with van der Waals surface area (Å²) in [6.45, 7) is 6.49. The standard InChI is InChI=1S/C15H21N3/c1-10-8-11(2)14(12(3)9-10)15(16-4)13-6-7-17-18(13)5/h6-9,15-16H,1-5H3. The van der Waals surface area contributed by atoms with E-state index in [-0.39, 0.29) is 6.04 Å².